The van der Waals surface area contributed by atoms with Gasteiger partial charge < -0.3 is 21.3 Å². The zero-order valence-electron chi connectivity index (χ0n) is 14.1. The lowest BCUT2D eigenvalue weighted by Crippen LogP contribution is -2.12. The second kappa shape index (κ2) is 12.3. The topological polar surface area (TPSA) is 116 Å². The van der Waals surface area contributed by atoms with E-state index in [1.165, 1.54) is 0 Å². The van der Waals surface area contributed by atoms with E-state index in [1.807, 2.05) is 0 Å². The van der Waals surface area contributed by atoms with Crippen LogP contribution in [-0.4, -0.2) is 49.8 Å². The van der Waals surface area contributed by atoms with E-state index in [4.69, 9.17) is 0 Å². The zero-order valence-corrected chi connectivity index (χ0v) is 14.1. The Labute approximate surface area is 142 Å². The summed E-state index contributed by atoms with van der Waals surface area (Å²) in [5, 5.41) is 10.7. The van der Waals surface area contributed by atoms with Crippen molar-refractivity contribution in [3.8, 4) is 0 Å². The Morgan fingerprint density at radius 2 is 0.625 bits per heavy atom. The normalized spacial score (nSPS) is 21.0. The van der Waals surface area contributed by atoms with Gasteiger partial charge in [-0.25, -0.2) is 0 Å². The molecule has 8 nitrogen and oxygen atoms in total. The Kier molecular flexibility index (Phi) is 10.2. The summed E-state index contributed by atoms with van der Waals surface area (Å²) in [5.41, 5.74) is 0. The van der Waals surface area contributed by atoms with Gasteiger partial charge in [-0.2, -0.15) is 0 Å². The molecule has 24 heavy (non-hydrogen) atoms. The summed E-state index contributed by atoms with van der Waals surface area (Å²) in [4.78, 5) is 40.5. The number of nitrogens with one attached hydrogen (secondary N) is 4. The maximum Gasteiger partial charge on any atom is 0.220 e. The van der Waals surface area contributed by atoms with E-state index in [2.05, 4.69) is 21.3 Å². The molecule has 8 heteroatoms. The highest BCUT2D eigenvalue weighted by Crippen LogP contribution is 1.94. The van der Waals surface area contributed by atoms with Crippen LogP contribution in [0.2, 0.25) is 0 Å². The number of carbonyl (C=O) groups is 4. The second-order valence-corrected chi connectivity index (χ2v) is 5.81. The molecule has 0 aromatic rings. The lowest BCUT2D eigenvalue weighted by Gasteiger charge is -1.80. The van der Waals surface area contributed by atoms with Crippen molar-refractivity contribution in [2.75, 3.05) is 26.2 Å². The van der Waals surface area contributed by atoms with Crippen LogP contribution in [0, 0.1) is 0 Å². The molecule has 4 saturated heterocycles. The van der Waals surface area contributed by atoms with Crippen LogP contribution in [0.3, 0.4) is 0 Å². The molecule has 0 aliphatic carbocycles. The molecule has 0 aromatic carbocycles. The third kappa shape index (κ3) is 10.6. The first-order valence-corrected chi connectivity index (χ1v) is 8.64. The predicted molar refractivity (Wildman–Crippen MR) is 89.0 cm³/mol. The van der Waals surface area contributed by atoms with E-state index in [0.717, 1.165) is 77.5 Å². The lowest BCUT2D eigenvalue weighted by molar-refractivity contribution is -0.119. The van der Waals surface area contributed by atoms with Gasteiger partial charge in [0, 0.05) is 51.9 Å². The zero-order chi connectivity index (χ0) is 17.6. The van der Waals surface area contributed by atoms with Gasteiger partial charge >= 0.3 is 0 Å². The van der Waals surface area contributed by atoms with Crippen LogP contribution >= 0.6 is 0 Å². The molecular formula is C16H28N4O4. The van der Waals surface area contributed by atoms with Crippen molar-refractivity contribution in [3.05, 3.63) is 0 Å². The molecule has 136 valence electrons. The van der Waals surface area contributed by atoms with Crippen molar-refractivity contribution in [3.63, 3.8) is 0 Å². The highest BCUT2D eigenvalue weighted by molar-refractivity contribution is 5.78. The monoisotopic (exact) mass is 340 g/mol. The quantitative estimate of drug-likeness (QED) is 0.479. The summed E-state index contributed by atoms with van der Waals surface area (Å²) in [5.74, 6) is 0.815. The van der Waals surface area contributed by atoms with Crippen molar-refractivity contribution in [2.45, 2.75) is 51.4 Å². The first-order chi connectivity index (χ1) is 11.6. The van der Waals surface area contributed by atoms with E-state index in [-0.39, 0.29) is 23.6 Å². The van der Waals surface area contributed by atoms with Crippen LogP contribution in [0.25, 0.3) is 0 Å². The standard InChI is InChI=1S/4C4H7NO/c4*6-4-2-1-3-5-4/h4*1-3H2,(H,5,6). The lowest BCUT2D eigenvalue weighted by atomic mass is 10.4. The number of hydrogen-bond acceptors (Lipinski definition) is 4. The van der Waals surface area contributed by atoms with Crippen LogP contribution in [0.4, 0.5) is 0 Å². The number of amides is 4. The van der Waals surface area contributed by atoms with Gasteiger partial charge in [0.15, 0.2) is 0 Å². The molecule has 4 amide bonds. The Morgan fingerprint density at radius 1 is 0.417 bits per heavy atom. The second-order valence-electron chi connectivity index (χ2n) is 5.81. The number of carbonyl (C=O) groups excluding carboxylic acids is 4. The van der Waals surface area contributed by atoms with Crippen LogP contribution in [0.15, 0.2) is 0 Å². The third-order valence-corrected chi connectivity index (χ3v) is 3.61. The summed E-state index contributed by atoms with van der Waals surface area (Å²) in [6.45, 7) is 3.55. The molecule has 0 atom stereocenters. The molecule has 0 radical (unpaired) electrons. The Hall–Kier alpha value is -2.12. The van der Waals surface area contributed by atoms with Crippen LogP contribution < -0.4 is 21.3 Å². The maximum absolute atomic E-state index is 10.1. The first-order valence-electron chi connectivity index (χ1n) is 8.64. The summed E-state index contributed by atoms with van der Waals surface area (Å²) >= 11 is 0. The fraction of sp³-hybridized carbons (Fsp3) is 0.750. The van der Waals surface area contributed by atoms with E-state index >= 15 is 0 Å². The molecule has 0 spiro atoms. The molecule has 4 heterocycles. The molecule has 0 aromatic heterocycles. The molecule has 0 unspecified atom stereocenters. The number of hydrogen-bond donors (Lipinski definition) is 4. The minimum Gasteiger partial charge on any atom is -0.356 e. The van der Waals surface area contributed by atoms with Gasteiger partial charge in [-0.1, -0.05) is 0 Å². The number of rotatable bonds is 0. The maximum atomic E-state index is 10.1. The van der Waals surface area contributed by atoms with Gasteiger partial charge in [-0.3, -0.25) is 19.2 Å². The molecule has 0 bridgehead atoms. The van der Waals surface area contributed by atoms with Crippen molar-refractivity contribution in [2.24, 2.45) is 0 Å². The van der Waals surface area contributed by atoms with Gasteiger partial charge in [0.25, 0.3) is 0 Å². The fourth-order valence-corrected chi connectivity index (χ4v) is 2.26. The van der Waals surface area contributed by atoms with Crippen molar-refractivity contribution < 1.29 is 19.2 Å². The van der Waals surface area contributed by atoms with E-state index in [9.17, 15) is 19.2 Å². The predicted octanol–water partition coefficient (Wildman–Crippen LogP) is -0.414. The highest BCUT2D eigenvalue weighted by atomic mass is 16.2. The Morgan fingerprint density at radius 3 is 0.667 bits per heavy atom. The van der Waals surface area contributed by atoms with E-state index < -0.39 is 0 Å². The minimum atomic E-state index is 0.204. The molecule has 0 saturated carbocycles. The average Bonchev–Trinajstić information content (AvgIpc) is 3.31. The molecule has 4 N–H and O–H groups in total. The van der Waals surface area contributed by atoms with Crippen LogP contribution in [-0.2, 0) is 19.2 Å². The first kappa shape index (κ1) is 19.9. The van der Waals surface area contributed by atoms with Crippen molar-refractivity contribution in [1.29, 1.82) is 0 Å². The van der Waals surface area contributed by atoms with Gasteiger partial charge in [-0.05, 0) is 25.7 Å². The molecular weight excluding hydrogens is 312 g/mol. The molecule has 4 aliphatic rings. The largest absolute Gasteiger partial charge is 0.356 e. The summed E-state index contributed by atoms with van der Waals surface area (Å²) in [6.07, 6.45) is 7.05. The SMILES string of the molecule is O=C1CCCN1.O=C1CCCN1.O=C1CCCN1.O=C1CCCN1. The highest BCUT2D eigenvalue weighted by Gasteiger charge is 2.07. The molecule has 4 aliphatic heterocycles. The minimum absolute atomic E-state index is 0.204. The third-order valence-electron chi connectivity index (χ3n) is 3.61. The van der Waals surface area contributed by atoms with Gasteiger partial charge in [0.2, 0.25) is 23.6 Å². The smallest absolute Gasteiger partial charge is 0.220 e. The van der Waals surface area contributed by atoms with E-state index in [1.54, 1.807) is 0 Å². The van der Waals surface area contributed by atoms with Crippen LogP contribution in [0.1, 0.15) is 51.4 Å². The van der Waals surface area contributed by atoms with Gasteiger partial charge in [-0.15, -0.1) is 0 Å². The average molecular weight is 340 g/mol. The van der Waals surface area contributed by atoms with Gasteiger partial charge in [0.05, 0.1) is 0 Å². The van der Waals surface area contributed by atoms with E-state index in [0.29, 0.717) is 0 Å². The van der Waals surface area contributed by atoms with Crippen LogP contribution in [0.5, 0.6) is 0 Å². The Balaban J connectivity index is 0.000000160. The molecule has 4 fully saturated rings. The summed E-state index contributed by atoms with van der Waals surface area (Å²) in [7, 11) is 0. The summed E-state index contributed by atoms with van der Waals surface area (Å²) in [6, 6.07) is 0. The molecule has 4 rings (SSSR count). The summed E-state index contributed by atoms with van der Waals surface area (Å²) < 4.78 is 0. The van der Waals surface area contributed by atoms with Crippen molar-refractivity contribution >= 4 is 23.6 Å². The van der Waals surface area contributed by atoms with Crippen molar-refractivity contribution in [1.82, 2.24) is 21.3 Å². The Bertz CT molecular complexity index is 328. The van der Waals surface area contributed by atoms with Gasteiger partial charge in [0.1, 0.15) is 0 Å². The fourth-order valence-electron chi connectivity index (χ4n) is 2.26.